The highest BCUT2D eigenvalue weighted by atomic mass is 79.9. The van der Waals surface area contributed by atoms with Crippen LogP contribution in [0.5, 0.6) is 5.75 Å². The molecule has 1 N–H and O–H groups in total. The number of halogens is 1. The fraction of sp³-hybridized carbons (Fsp3) is 0.0588. The first kappa shape index (κ1) is 18.7. The molecule has 6 nitrogen and oxygen atoms in total. The van der Waals surface area contributed by atoms with Gasteiger partial charge in [0.25, 0.3) is 11.1 Å². The zero-order valence-electron chi connectivity index (χ0n) is 13.4. The minimum atomic E-state index is -4.04. The van der Waals surface area contributed by atoms with E-state index in [-0.39, 0.29) is 15.6 Å². The number of nitrogens with one attached hydrogen (secondary N) is 1. The van der Waals surface area contributed by atoms with E-state index < -0.39 is 21.3 Å². The van der Waals surface area contributed by atoms with Crippen LogP contribution in [0, 0.1) is 6.92 Å². The summed E-state index contributed by atoms with van der Waals surface area (Å²) in [5.74, 6) is -0.485. The number of imide groups is 1. The van der Waals surface area contributed by atoms with Crippen molar-refractivity contribution in [1.29, 1.82) is 0 Å². The van der Waals surface area contributed by atoms with Crippen LogP contribution < -0.4 is 9.50 Å². The lowest BCUT2D eigenvalue weighted by atomic mass is 10.2. The monoisotopic (exact) mass is 453 g/mol. The summed E-state index contributed by atoms with van der Waals surface area (Å²) in [6, 6.07) is 11.0. The van der Waals surface area contributed by atoms with Gasteiger partial charge in [-0.15, -0.1) is 0 Å². The SMILES string of the molecule is Cc1ccc(S(=O)(=O)Oc2ccc(Br)cc2/C=C2\SC(=O)NC2=O)cc1. The van der Waals surface area contributed by atoms with Crippen molar-refractivity contribution in [3.05, 3.63) is 63.0 Å². The number of rotatable bonds is 4. The number of amides is 2. The molecule has 0 spiro atoms. The number of hydrogen-bond donors (Lipinski definition) is 1. The zero-order valence-corrected chi connectivity index (χ0v) is 16.6. The van der Waals surface area contributed by atoms with Gasteiger partial charge in [0.15, 0.2) is 0 Å². The van der Waals surface area contributed by atoms with Crippen molar-refractivity contribution < 1.29 is 22.2 Å². The van der Waals surface area contributed by atoms with Gasteiger partial charge in [-0.1, -0.05) is 33.6 Å². The van der Waals surface area contributed by atoms with Gasteiger partial charge in [0.2, 0.25) is 0 Å². The molecule has 3 rings (SSSR count). The quantitative estimate of drug-likeness (QED) is 0.558. The standard InChI is InChI=1S/C17H12BrNO5S2/c1-10-2-5-13(6-3-10)26(22,23)24-14-7-4-12(18)8-11(14)9-15-16(20)19-17(21)25-15/h2-9H,1H3,(H,19,20,21)/b15-9-. The van der Waals surface area contributed by atoms with E-state index in [2.05, 4.69) is 21.2 Å². The molecule has 0 unspecified atom stereocenters. The smallest absolute Gasteiger partial charge is 0.339 e. The molecule has 2 aromatic rings. The summed E-state index contributed by atoms with van der Waals surface area (Å²) in [6.07, 6.45) is 1.41. The number of hydrogen-bond acceptors (Lipinski definition) is 6. The van der Waals surface area contributed by atoms with E-state index >= 15 is 0 Å². The predicted octanol–water partition coefficient (Wildman–Crippen LogP) is 3.85. The van der Waals surface area contributed by atoms with E-state index in [9.17, 15) is 18.0 Å². The van der Waals surface area contributed by atoms with E-state index in [4.69, 9.17) is 4.18 Å². The van der Waals surface area contributed by atoms with Crippen LogP contribution in [0.25, 0.3) is 6.08 Å². The lowest BCUT2D eigenvalue weighted by Gasteiger charge is -2.10. The molecule has 0 aromatic heterocycles. The van der Waals surface area contributed by atoms with Gasteiger partial charge in [-0.25, -0.2) is 0 Å². The highest BCUT2D eigenvalue weighted by Gasteiger charge is 2.26. The summed E-state index contributed by atoms with van der Waals surface area (Å²) < 4.78 is 31.0. The maximum absolute atomic E-state index is 12.5. The molecule has 2 amide bonds. The Balaban J connectivity index is 1.98. The van der Waals surface area contributed by atoms with Crippen LogP contribution >= 0.6 is 27.7 Å². The third-order valence-corrected chi connectivity index (χ3v) is 5.96. The van der Waals surface area contributed by atoms with Crippen molar-refractivity contribution in [2.24, 2.45) is 0 Å². The molecule has 1 fully saturated rings. The van der Waals surface area contributed by atoms with Crippen LogP contribution in [0.2, 0.25) is 0 Å². The molecule has 0 aliphatic carbocycles. The minimum absolute atomic E-state index is 0.0211. The Labute approximate surface area is 162 Å². The molecule has 1 aliphatic heterocycles. The molecular weight excluding hydrogens is 442 g/mol. The number of aryl methyl sites for hydroxylation is 1. The molecule has 0 atom stereocenters. The molecule has 26 heavy (non-hydrogen) atoms. The third-order valence-electron chi connectivity index (χ3n) is 3.41. The van der Waals surface area contributed by atoms with Crippen LogP contribution in [0.1, 0.15) is 11.1 Å². The van der Waals surface area contributed by atoms with Crippen molar-refractivity contribution >= 4 is 55.0 Å². The molecule has 134 valence electrons. The third kappa shape index (κ3) is 4.17. The highest BCUT2D eigenvalue weighted by Crippen LogP contribution is 2.32. The Morgan fingerprint density at radius 3 is 2.42 bits per heavy atom. The van der Waals surface area contributed by atoms with Crippen LogP contribution in [-0.2, 0) is 14.9 Å². The van der Waals surface area contributed by atoms with E-state index in [1.165, 1.54) is 24.3 Å². The van der Waals surface area contributed by atoms with Crippen LogP contribution in [-0.4, -0.2) is 19.6 Å². The Kier molecular flexibility index (Phi) is 5.22. The summed E-state index contributed by atoms with van der Waals surface area (Å²) in [7, 11) is -4.04. The molecule has 9 heteroatoms. The van der Waals surface area contributed by atoms with Crippen molar-refractivity contribution in [1.82, 2.24) is 5.32 Å². The molecule has 2 aromatic carbocycles. The Hall–Kier alpha value is -2.10. The fourth-order valence-corrected chi connectivity index (χ4v) is 4.15. The maximum Gasteiger partial charge on any atom is 0.339 e. The molecule has 0 radical (unpaired) electrons. The largest absolute Gasteiger partial charge is 0.378 e. The van der Waals surface area contributed by atoms with Gasteiger partial charge in [-0.2, -0.15) is 8.42 Å². The fourth-order valence-electron chi connectivity index (χ4n) is 2.14. The van der Waals surface area contributed by atoms with Gasteiger partial charge in [0.1, 0.15) is 10.6 Å². The molecule has 0 bridgehead atoms. The number of thioether (sulfide) groups is 1. The van der Waals surface area contributed by atoms with Gasteiger partial charge in [0, 0.05) is 10.0 Å². The number of benzene rings is 2. The first-order chi connectivity index (χ1) is 12.2. The minimum Gasteiger partial charge on any atom is -0.378 e. The maximum atomic E-state index is 12.5. The lowest BCUT2D eigenvalue weighted by molar-refractivity contribution is -0.115. The van der Waals surface area contributed by atoms with Crippen molar-refractivity contribution in [2.45, 2.75) is 11.8 Å². The first-order valence-electron chi connectivity index (χ1n) is 7.30. The second kappa shape index (κ2) is 7.26. The summed E-state index contributed by atoms with van der Waals surface area (Å²) >= 11 is 4.04. The second-order valence-electron chi connectivity index (χ2n) is 5.38. The predicted molar refractivity (Wildman–Crippen MR) is 102 cm³/mol. The summed E-state index contributed by atoms with van der Waals surface area (Å²) in [5.41, 5.74) is 1.27. The first-order valence-corrected chi connectivity index (χ1v) is 10.3. The molecule has 1 saturated heterocycles. The van der Waals surface area contributed by atoms with Crippen molar-refractivity contribution in [2.75, 3.05) is 0 Å². The van der Waals surface area contributed by atoms with E-state index in [0.717, 1.165) is 17.3 Å². The second-order valence-corrected chi connectivity index (χ2v) is 8.86. The topological polar surface area (TPSA) is 89.5 Å². The summed E-state index contributed by atoms with van der Waals surface area (Å²) in [4.78, 5) is 23.2. The van der Waals surface area contributed by atoms with E-state index in [1.807, 2.05) is 6.92 Å². The normalized spacial score (nSPS) is 16.0. The Bertz CT molecular complexity index is 1030. The van der Waals surface area contributed by atoms with E-state index in [0.29, 0.717) is 10.0 Å². The van der Waals surface area contributed by atoms with Gasteiger partial charge in [-0.3, -0.25) is 14.9 Å². The molecule has 0 saturated carbocycles. The van der Waals surface area contributed by atoms with E-state index in [1.54, 1.807) is 24.3 Å². The number of carbonyl (C=O) groups is 2. The summed E-state index contributed by atoms with van der Waals surface area (Å²) in [6.45, 7) is 1.85. The highest BCUT2D eigenvalue weighted by molar-refractivity contribution is 9.10. The molecule has 1 aliphatic rings. The van der Waals surface area contributed by atoms with Gasteiger partial charge < -0.3 is 4.18 Å². The van der Waals surface area contributed by atoms with Gasteiger partial charge in [-0.05, 0) is 55.1 Å². The Morgan fingerprint density at radius 2 is 1.81 bits per heavy atom. The molecular formula is C17H12BrNO5S2. The van der Waals surface area contributed by atoms with Crippen molar-refractivity contribution in [3.8, 4) is 5.75 Å². The van der Waals surface area contributed by atoms with Crippen LogP contribution in [0.15, 0.2) is 56.7 Å². The van der Waals surface area contributed by atoms with Gasteiger partial charge >= 0.3 is 10.1 Å². The molecule has 1 heterocycles. The average Bonchev–Trinajstić information content (AvgIpc) is 2.88. The van der Waals surface area contributed by atoms with Crippen LogP contribution in [0.3, 0.4) is 0 Å². The lowest BCUT2D eigenvalue weighted by Crippen LogP contribution is -2.17. The van der Waals surface area contributed by atoms with Crippen molar-refractivity contribution in [3.63, 3.8) is 0 Å². The average molecular weight is 454 g/mol. The van der Waals surface area contributed by atoms with Crippen LogP contribution in [0.4, 0.5) is 4.79 Å². The zero-order chi connectivity index (χ0) is 18.9. The van der Waals surface area contributed by atoms with Gasteiger partial charge in [0.05, 0.1) is 4.91 Å². The summed E-state index contributed by atoms with van der Waals surface area (Å²) in [5, 5.41) is 1.67. The Morgan fingerprint density at radius 1 is 1.12 bits per heavy atom. The number of carbonyl (C=O) groups excluding carboxylic acids is 2.